The van der Waals surface area contributed by atoms with Crippen LogP contribution in [0.25, 0.3) is 0 Å². The van der Waals surface area contributed by atoms with Crippen molar-refractivity contribution in [3.8, 4) is 0 Å². The zero-order chi connectivity index (χ0) is 19.3. The molecule has 2 rings (SSSR count). The Balaban J connectivity index is 1.92. The maximum atomic E-state index is 12.4. The van der Waals surface area contributed by atoms with Crippen LogP contribution in [0.2, 0.25) is 0 Å². The molecule has 0 spiro atoms. The molecule has 1 saturated carbocycles. The molecule has 1 aromatic heterocycles. The van der Waals surface area contributed by atoms with Gasteiger partial charge in [-0.05, 0) is 39.2 Å². The zero-order valence-corrected chi connectivity index (χ0v) is 15.9. The Kier molecular flexibility index (Phi) is 6.73. The topological polar surface area (TPSA) is 114 Å². The molecule has 1 heterocycles. The minimum Gasteiger partial charge on any atom is -0.452 e. The van der Waals surface area contributed by atoms with E-state index >= 15 is 0 Å². The van der Waals surface area contributed by atoms with Crippen molar-refractivity contribution in [1.82, 2.24) is 10.6 Å². The van der Waals surface area contributed by atoms with E-state index in [0.717, 1.165) is 17.7 Å². The van der Waals surface area contributed by atoms with E-state index in [0.29, 0.717) is 17.1 Å². The van der Waals surface area contributed by atoms with Crippen LogP contribution in [0.1, 0.15) is 40.6 Å². The number of nitrogens with one attached hydrogen (secondary N) is 3. The van der Waals surface area contributed by atoms with Crippen LogP contribution in [0.4, 0.5) is 5.00 Å². The van der Waals surface area contributed by atoms with Crippen molar-refractivity contribution in [2.24, 2.45) is 5.92 Å². The van der Waals surface area contributed by atoms with Crippen LogP contribution < -0.4 is 16.0 Å². The molecule has 3 amide bonds. The van der Waals surface area contributed by atoms with Crippen LogP contribution in [0.3, 0.4) is 0 Å². The van der Waals surface area contributed by atoms with E-state index in [1.165, 1.54) is 11.3 Å². The van der Waals surface area contributed by atoms with Gasteiger partial charge in [-0.2, -0.15) is 0 Å². The summed E-state index contributed by atoms with van der Waals surface area (Å²) in [4.78, 5) is 48.2. The van der Waals surface area contributed by atoms with Gasteiger partial charge in [-0.25, -0.2) is 4.79 Å². The van der Waals surface area contributed by atoms with Gasteiger partial charge in [0.1, 0.15) is 5.00 Å². The van der Waals surface area contributed by atoms with E-state index in [1.54, 1.807) is 13.8 Å². The van der Waals surface area contributed by atoms with E-state index in [-0.39, 0.29) is 29.8 Å². The van der Waals surface area contributed by atoms with Gasteiger partial charge in [-0.15, -0.1) is 11.3 Å². The van der Waals surface area contributed by atoms with Crippen molar-refractivity contribution in [2.75, 3.05) is 25.0 Å². The van der Waals surface area contributed by atoms with Crippen molar-refractivity contribution >= 4 is 40.0 Å². The molecule has 0 radical (unpaired) electrons. The van der Waals surface area contributed by atoms with Crippen LogP contribution >= 0.6 is 11.3 Å². The Morgan fingerprint density at radius 3 is 2.42 bits per heavy atom. The molecule has 0 aliphatic heterocycles. The molecule has 26 heavy (non-hydrogen) atoms. The molecule has 1 aromatic rings. The number of carbonyl (C=O) groups is 4. The maximum absolute atomic E-state index is 12.4. The standard InChI is InChI=1S/C17H23N3O5S/c1-4-18-12(21)7-19-13(22)8-25-17(24)14-9(2)10(3)26-16(14)20-15(23)11-5-6-11/h11H,4-8H2,1-3H3,(H,18,21)(H,19,22)(H,20,23). The van der Waals surface area contributed by atoms with E-state index in [2.05, 4.69) is 16.0 Å². The highest BCUT2D eigenvalue weighted by Gasteiger charge is 2.31. The highest BCUT2D eigenvalue weighted by molar-refractivity contribution is 7.16. The predicted octanol–water partition coefficient (Wildman–Crippen LogP) is 1.12. The van der Waals surface area contributed by atoms with Crippen LogP contribution in [0, 0.1) is 19.8 Å². The van der Waals surface area contributed by atoms with Crippen LogP contribution in [0.15, 0.2) is 0 Å². The molecule has 0 unspecified atom stereocenters. The van der Waals surface area contributed by atoms with Crippen LogP contribution in [0.5, 0.6) is 0 Å². The summed E-state index contributed by atoms with van der Waals surface area (Å²) in [6.07, 6.45) is 1.72. The quantitative estimate of drug-likeness (QED) is 0.584. The number of hydrogen-bond acceptors (Lipinski definition) is 6. The van der Waals surface area contributed by atoms with E-state index in [9.17, 15) is 19.2 Å². The van der Waals surface area contributed by atoms with Crippen molar-refractivity contribution in [3.05, 3.63) is 16.0 Å². The van der Waals surface area contributed by atoms with Gasteiger partial charge in [-0.1, -0.05) is 0 Å². The Labute approximate surface area is 155 Å². The largest absolute Gasteiger partial charge is 0.452 e. The lowest BCUT2D eigenvalue weighted by atomic mass is 10.1. The molecule has 3 N–H and O–H groups in total. The van der Waals surface area contributed by atoms with Gasteiger partial charge in [0, 0.05) is 17.3 Å². The SMILES string of the molecule is CCNC(=O)CNC(=O)COC(=O)c1c(NC(=O)C2CC2)sc(C)c1C. The second-order valence-corrected chi connectivity index (χ2v) is 7.28. The maximum Gasteiger partial charge on any atom is 0.341 e. The monoisotopic (exact) mass is 381 g/mol. The fourth-order valence-electron chi connectivity index (χ4n) is 2.21. The van der Waals surface area contributed by atoms with Gasteiger partial charge in [0.2, 0.25) is 11.8 Å². The molecular weight excluding hydrogens is 358 g/mol. The molecular formula is C17H23N3O5S. The number of anilines is 1. The van der Waals surface area contributed by atoms with E-state index < -0.39 is 18.5 Å². The van der Waals surface area contributed by atoms with Gasteiger partial charge >= 0.3 is 5.97 Å². The number of aryl methyl sites for hydroxylation is 1. The Morgan fingerprint density at radius 1 is 1.12 bits per heavy atom. The third-order valence-electron chi connectivity index (χ3n) is 3.93. The summed E-state index contributed by atoms with van der Waals surface area (Å²) in [6, 6.07) is 0. The Hall–Kier alpha value is -2.42. The minimum atomic E-state index is -0.675. The molecule has 1 aliphatic carbocycles. The molecule has 0 saturated heterocycles. The number of esters is 1. The van der Waals surface area contributed by atoms with Gasteiger partial charge in [0.15, 0.2) is 6.61 Å². The number of carbonyl (C=O) groups excluding carboxylic acids is 4. The minimum absolute atomic E-state index is 0.0154. The van der Waals surface area contributed by atoms with Gasteiger partial charge in [-0.3, -0.25) is 14.4 Å². The first-order valence-corrected chi connectivity index (χ1v) is 9.26. The lowest BCUT2D eigenvalue weighted by Crippen LogP contribution is -2.38. The summed E-state index contributed by atoms with van der Waals surface area (Å²) in [5.74, 6) is -1.65. The summed E-state index contributed by atoms with van der Waals surface area (Å²) in [6.45, 7) is 5.18. The molecule has 8 nitrogen and oxygen atoms in total. The number of thiophene rings is 1. The van der Waals surface area contributed by atoms with Crippen molar-refractivity contribution in [3.63, 3.8) is 0 Å². The molecule has 142 valence electrons. The summed E-state index contributed by atoms with van der Waals surface area (Å²) in [5, 5.41) is 8.14. The summed E-state index contributed by atoms with van der Waals surface area (Å²) in [7, 11) is 0. The average Bonchev–Trinajstić information content (AvgIpc) is 3.39. The third-order valence-corrected chi connectivity index (χ3v) is 5.05. The number of hydrogen-bond donors (Lipinski definition) is 3. The fourth-order valence-corrected chi connectivity index (χ4v) is 3.26. The molecule has 0 bridgehead atoms. The molecule has 9 heteroatoms. The second kappa shape index (κ2) is 8.79. The fraction of sp³-hybridized carbons (Fsp3) is 0.529. The predicted molar refractivity (Wildman–Crippen MR) is 97.1 cm³/mol. The first-order valence-electron chi connectivity index (χ1n) is 8.44. The molecule has 1 aliphatic rings. The first-order chi connectivity index (χ1) is 12.3. The van der Waals surface area contributed by atoms with Crippen molar-refractivity contribution in [2.45, 2.75) is 33.6 Å². The summed E-state index contributed by atoms with van der Waals surface area (Å²) >= 11 is 1.31. The smallest absolute Gasteiger partial charge is 0.341 e. The first kappa shape index (κ1) is 19.9. The average molecular weight is 381 g/mol. The summed E-state index contributed by atoms with van der Waals surface area (Å²) < 4.78 is 5.05. The highest BCUT2D eigenvalue weighted by atomic mass is 32.1. The zero-order valence-electron chi connectivity index (χ0n) is 15.1. The van der Waals surface area contributed by atoms with Crippen molar-refractivity contribution < 1.29 is 23.9 Å². The number of ether oxygens (including phenoxy) is 1. The number of amides is 3. The molecule has 0 atom stereocenters. The lowest BCUT2D eigenvalue weighted by molar-refractivity contribution is -0.127. The van der Waals surface area contributed by atoms with Crippen LogP contribution in [-0.2, 0) is 19.1 Å². The Morgan fingerprint density at radius 2 is 1.81 bits per heavy atom. The van der Waals surface area contributed by atoms with Gasteiger partial charge < -0.3 is 20.7 Å². The molecule has 1 fully saturated rings. The second-order valence-electron chi connectivity index (χ2n) is 6.06. The van der Waals surface area contributed by atoms with E-state index in [4.69, 9.17) is 4.74 Å². The van der Waals surface area contributed by atoms with Gasteiger partial charge in [0.25, 0.3) is 5.91 Å². The number of rotatable bonds is 8. The van der Waals surface area contributed by atoms with Crippen molar-refractivity contribution in [1.29, 1.82) is 0 Å². The number of likely N-dealkylation sites (N-methyl/N-ethyl adjacent to an activating group) is 1. The Bertz CT molecular complexity index is 724. The molecule has 0 aromatic carbocycles. The normalized spacial score (nSPS) is 13.0. The van der Waals surface area contributed by atoms with E-state index in [1.807, 2.05) is 6.92 Å². The summed E-state index contributed by atoms with van der Waals surface area (Å²) in [5.41, 5.74) is 0.992. The third kappa shape index (κ3) is 5.29. The lowest BCUT2D eigenvalue weighted by Gasteiger charge is -2.09. The highest BCUT2D eigenvalue weighted by Crippen LogP contribution is 2.36. The van der Waals surface area contributed by atoms with Gasteiger partial charge in [0.05, 0.1) is 12.1 Å². The van der Waals surface area contributed by atoms with Crippen LogP contribution in [-0.4, -0.2) is 43.4 Å².